The number of hydrogen-bond donors (Lipinski definition) is 2. The number of nitrogens with one attached hydrogen (secondary N) is 2. The maximum atomic E-state index is 13.7. The Kier molecular flexibility index (Phi) is 4.82. The molecule has 3 rings (SSSR count). The van der Waals surface area contributed by atoms with Gasteiger partial charge in [0, 0.05) is 17.8 Å². The molecule has 2 N–H and O–H groups in total. The number of aryl methyl sites for hydroxylation is 1. The number of halogens is 2. The van der Waals surface area contributed by atoms with E-state index in [-0.39, 0.29) is 22.0 Å². The van der Waals surface area contributed by atoms with E-state index in [1.807, 2.05) is 6.92 Å². The first-order valence-electron chi connectivity index (χ1n) is 7.29. The molecule has 0 bridgehead atoms. The van der Waals surface area contributed by atoms with E-state index in [1.54, 1.807) is 13.1 Å². The van der Waals surface area contributed by atoms with Crippen molar-refractivity contribution in [3.63, 3.8) is 0 Å². The minimum atomic E-state index is -0.611. The predicted octanol–water partition coefficient (Wildman–Crippen LogP) is 3.09. The van der Waals surface area contributed by atoms with Gasteiger partial charge in [-0.25, -0.2) is 9.37 Å². The van der Waals surface area contributed by atoms with E-state index in [0.29, 0.717) is 16.2 Å². The van der Waals surface area contributed by atoms with Gasteiger partial charge in [0.1, 0.15) is 11.3 Å². The predicted molar refractivity (Wildman–Crippen MR) is 96.8 cm³/mol. The van der Waals surface area contributed by atoms with Gasteiger partial charge in [-0.2, -0.15) is 0 Å². The fraction of sp³-hybridized carbons (Fsp3) is 0.188. The van der Waals surface area contributed by atoms with Gasteiger partial charge in [-0.3, -0.25) is 14.2 Å². The molecule has 6 nitrogen and oxygen atoms in total. The van der Waals surface area contributed by atoms with Gasteiger partial charge in [-0.15, -0.1) is 0 Å². The van der Waals surface area contributed by atoms with E-state index in [1.165, 1.54) is 16.7 Å². The van der Waals surface area contributed by atoms with Gasteiger partial charge in [0.05, 0.1) is 17.0 Å². The number of aromatic nitrogens is 3. The van der Waals surface area contributed by atoms with Crippen LogP contribution in [0.15, 0.2) is 34.2 Å². The minimum absolute atomic E-state index is 0.0166. The molecule has 3 aromatic rings. The quantitative estimate of drug-likeness (QED) is 0.538. The molecule has 2 heterocycles. The van der Waals surface area contributed by atoms with E-state index in [2.05, 4.69) is 15.3 Å². The van der Waals surface area contributed by atoms with Crippen LogP contribution >= 0.6 is 23.4 Å². The Morgan fingerprint density at radius 2 is 2.20 bits per heavy atom. The second-order valence-corrected chi connectivity index (χ2v) is 6.81. The molecule has 0 aliphatic heterocycles. The molecule has 130 valence electrons. The van der Waals surface area contributed by atoms with E-state index >= 15 is 0 Å². The number of nitrogens with zero attached hydrogens (tertiary/aromatic N) is 2. The number of anilines is 1. The van der Waals surface area contributed by atoms with E-state index in [9.17, 15) is 14.0 Å². The lowest BCUT2D eigenvalue weighted by Gasteiger charge is -2.08. The molecule has 1 aromatic carbocycles. The van der Waals surface area contributed by atoms with Crippen molar-refractivity contribution < 1.29 is 9.18 Å². The Hall–Kier alpha value is -2.32. The van der Waals surface area contributed by atoms with E-state index in [4.69, 9.17) is 11.6 Å². The van der Waals surface area contributed by atoms with Crippen molar-refractivity contribution in [2.45, 2.75) is 12.1 Å². The molecule has 1 amide bonds. The summed E-state index contributed by atoms with van der Waals surface area (Å²) in [6, 6.07) is 5.77. The van der Waals surface area contributed by atoms with Crippen molar-refractivity contribution in [2.75, 3.05) is 11.1 Å². The SMILES string of the molecule is Cc1cc2nc(SCC(=O)Nc3ccc(Cl)cc3F)n(C)c(=O)c2[nH]1. The summed E-state index contributed by atoms with van der Waals surface area (Å²) < 4.78 is 15.1. The number of rotatable bonds is 4. The van der Waals surface area contributed by atoms with Crippen LogP contribution in [0.3, 0.4) is 0 Å². The first-order chi connectivity index (χ1) is 11.8. The average molecular weight is 381 g/mol. The van der Waals surface area contributed by atoms with Crippen molar-refractivity contribution in [1.29, 1.82) is 0 Å². The number of carbonyl (C=O) groups is 1. The number of hydrogen-bond acceptors (Lipinski definition) is 4. The Bertz CT molecular complexity index is 1030. The van der Waals surface area contributed by atoms with Crippen LogP contribution in [0.25, 0.3) is 11.0 Å². The molecule has 0 saturated heterocycles. The second kappa shape index (κ2) is 6.89. The lowest BCUT2D eigenvalue weighted by Crippen LogP contribution is -2.21. The average Bonchev–Trinajstić information content (AvgIpc) is 2.93. The van der Waals surface area contributed by atoms with Gasteiger partial charge >= 0.3 is 0 Å². The monoisotopic (exact) mass is 380 g/mol. The summed E-state index contributed by atoms with van der Waals surface area (Å²) in [5.41, 5.74) is 1.64. The van der Waals surface area contributed by atoms with Gasteiger partial charge in [-0.05, 0) is 31.2 Å². The Morgan fingerprint density at radius 3 is 2.92 bits per heavy atom. The van der Waals surface area contributed by atoms with Crippen molar-refractivity contribution in [2.24, 2.45) is 7.05 Å². The molecule has 0 atom stereocenters. The van der Waals surface area contributed by atoms with Gasteiger partial charge in [0.15, 0.2) is 5.16 Å². The number of amides is 1. The highest BCUT2D eigenvalue weighted by atomic mass is 35.5. The second-order valence-electron chi connectivity index (χ2n) is 5.43. The van der Waals surface area contributed by atoms with Crippen molar-refractivity contribution >= 4 is 46.0 Å². The molecule has 25 heavy (non-hydrogen) atoms. The fourth-order valence-corrected chi connectivity index (χ4v) is 3.23. The van der Waals surface area contributed by atoms with Crippen LogP contribution < -0.4 is 10.9 Å². The Labute approximate surface area is 151 Å². The number of H-pyrrole nitrogens is 1. The lowest BCUT2D eigenvalue weighted by atomic mass is 10.3. The zero-order chi connectivity index (χ0) is 18.1. The molecular weight excluding hydrogens is 367 g/mol. The molecule has 0 unspecified atom stereocenters. The summed E-state index contributed by atoms with van der Waals surface area (Å²) in [6.45, 7) is 1.84. The number of benzene rings is 1. The number of carbonyl (C=O) groups excluding carboxylic acids is 1. The van der Waals surface area contributed by atoms with Crippen LogP contribution in [0.2, 0.25) is 5.02 Å². The molecule has 0 saturated carbocycles. The third kappa shape index (κ3) is 3.69. The highest BCUT2D eigenvalue weighted by Crippen LogP contribution is 2.21. The lowest BCUT2D eigenvalue weighted by molar-refractivity contribution is -0.113. The molecule has 0 aliphatic carbocycles. The standard InChI is InChI=1S/C16H14ClFN4O2S/c1-8-5-12-14(19-8)15(24)22(2)16(21-12)25-7-13(23)20-11-4-3-9(17)6-10(11)18/h3-6,19H,7H2,1-2H3,(H,20,23). The zero-order valence-corrected chi connectivity index (χ0v) is 15.0. The van der Waals surface area contributed by atoms with Crippen molar-refractivity contribution in [1.82, 2.24) is 14.5 Å². The van der Waals surface area contributed by atoms with Crippen LogP contribution in [0.1, 0.15) is 5.69 Å². The Morgan fingerprint density at radius 1 is 1.44 bits per heavy atom. The van der Waals surface area contributed by atoms with Gasteiger partial charge in [0.2, 0.25) is 5.91 Å². The van der Waals surface area contributed by atoms with E-state index < -0.39 is 11.7 Å². The first-order valence-corrected chi connectivity index (χ1v) is 8.65. The van der Waals surface area contributed by atoms with E-state index in [0.717, 1.165) is 23.5 Å². The third-order valence-electron chi connectivity index (χ3n) is 3.49. The third-order valence-corrected chi connectivity index (χ3v) is 4.76. The molecule has 0 radical (unpaired) electrons. The smallest absolute Gasteiger partial charge is 0.278 e. The number of thioether (sulfide) groups is 1. The summed E-state index contributed by atoms with van der Waals surface area (Å²) in [5.74, 6) is -1.04. The summed E-state index contributed by atoms with van der Waals surface area (Å²) >= 11 is 6.78. The number of fused-ring (bicyclic) bond motifs is 1. The van der Waals surface area contributed by atoms with Crippen LogP contribution in [0.4, 0.5) is 10.1 Å². The van der Waals surface area contributed by atoms with Crippen molar-refractivity contribution in [3.05, 3.63) is 51.2 Å². The summed E-state index contributed by atoms with van der Waals surface area (Å²) in [4.78, 5) is 31.7. The van der Waals surface area contributed by atoms with Crippen LogP contribution in [0.5, 0.6) is 0 Å². The highest BCUT2D eigenvalue weighted by molar-refractivity contribution is 7.99. The summed E-state index contributed by atoms with van der Waals surface area (Å²) in [7, 11) is 1.59. The molecular formula is C16H14ClFN4O2S. The van der Waals surface area contributed by atoms with Gasteiger partial charge < -0.3 is 10.3 Å². The van der Waals surface area contributed by atoms with Crippen LogP contribution in [0, 0.1) is 12.7 Å². The molecule has 0 fully saturated rings. The number of aromatic amines is 1. The van der Waals surface area contributed by atoms with Crippen LogP contribution in [-0.4, -0.2) is 26.2 Å². The highest BCUT2D eigenvalue weighted by Gasteiger charge is 2.13. The minimum Gasteiger partial charge on any atom is -0.353 e. The molecule has 0 spiro atoms. The molecule has 2 aromatic heterocycles. The topological polar surface area (TPSA) is 79.8 Å². The summed E-state index contributed by atoms with van der Waals surface area (Å²) in [5, 5.41) is 3.12. The maximum Gasteiger partial charge on any atom is 0.278 e. The maximum absolute atomic E-state index is 13.7. The first kappa shape index (κ1) is 17.5. The fourth-order valence-electron chi connectivity index (χ4n) is 2.29. The van der Waals surface area contributed by atoms with Crippen LogP contribution in [-0.2, 0) is 11.8 Å². The summed E-state index contributed by atoms with van der Waals surface area (Å²) in [6.07, 6.45) is 0. The Balaban J connectivity index is 1.75. The van der Waals surface area contributed by atoms with Gasteiger partial charge in [0.25, 0.3) is 5.56 Å². The molecule has 9 heteroatoms. The largest absolute Gasteiger partial charge is 0.353 e. The normalized spacial score (nSPS) is 11.0. The van der Waals surface area contributed by atoms with Gasteiger partial charge in [-0.1, -0.05) is 23.4 Å². The zero-order valence-electron chi connectivity index (χ0n) is 13.4. The van der Waals surface area contributed by atoms with Crippen molar-refractivity contribution in [3.8, 4) is 0 Å². The molecule has 0 aliphatic rings.